The molecule has 0 saturated heterocycles. The number of likely N-dealkylation sites (N-methyl/N-ethyl adjacent to an activating group) is 1. The molecule has 2 aromatic rings. The van der Waals surface area contributed by atoms with Crippen LogP contribution in [0.1, 0.15) is 11.1 Å². The molecular formula is C17H20N2O2S. The lowest BCUT2D eigenvalue weighted by atomic mass is 10.2. The van der Waals surface area contributed by atoms with Gasteiger partial charge >= 0.3 is 0 Å². The number of benzene rings is 2. The third-order valence-electron chi connectivity index (χ3n) is 3.96. The van der Waals surface area contributed by atoms with E-state index in [1.807, 2.05) is 44.3 Å². The van der Waals surface area contributed by atoms with E-state index in [-0.39, 0.29) is 0 Å². The number of hydrogen-bond donors (Lipinski definition) is 0. The molecule has 0 N–H and O–H groups in total. The fraction of sp³-hybridized carbons (Fsp3) is 0.294. The molecule has 2 aromatic carbocycles. The molecule has 1 aliphatic rings. The molecule has 5 heteroatoms. The van der Waals surface area contributed by atoms with Crippen LogP contribution < -0.4 is 4.31 Å². The van der Waals surface area contributed by atoms with E-state index in [2.05, 4.69) is 4.90 Å². The van der Waals surface area contributed by atoms with Crippen molar-refractivity contribution < 1.29 is 8.42 Å². The summed E-state index contributed by atoms with van der Waals surface area (Å²) in [7, 11) is -1.52. The van der Waals surface area contributed by atoms with Gasteiger partial charge in [-0.15, -0.1) is 0 Å². The third kappa shape index (κ3) is 2.74. The topological polar surface area (TPSA) is 40.6 Å². The molecule has 4 nitrogen and oxygen atoms in total. The molecule has 0 unspecified atom stereocenters. The van der Waals surface area contributed by atoms with Crippen molar-refractivity contribution >= 4 is 15.7 Å². The molecule has 0 saturated carbocycles. The average Bonchev–Trinajstić information content (AvgIpc) is 2.65. The van der Waals surface area contributed by atoms with Crippen LogP contribution in [0.25, 0.3) is 0 Å². The minimum absolute atomic E-state index is 0.354. The van der Waals surface area contributed by atoms with Crippen molar-refractivity contribution in [3.05, 3.63) is 59.7 Å². The molecule has 0 radical (unpaired) electrons. The second kappa shape index (κ2) is 5.74. The van der Waals surface area contributed by atoms with Gasteiger partial charge in [0.05, 0.1) is 10.6 Å². The predicted octanol–water partition coefficient (Wildman–Crippen LogP) is 2.64. The molecule has 0 atom stereocenters. The normalized spacial score (nSPS) is 16.2. The molecule has 0 bridgehead atoms. The van der Waals surface area contributed by atoms with Crippen LogP contribution in [0.4, 0.5) is 5.69 Å². The Morgan fingerprint density at radius 1 is 1.00 bits per heavy atom. The lowest BCUT2D eigenvalue weighted by molar-refractivity contribution is 0.344. The zero-order valence-electron chi connectivity index (χ0n) is 12.9. The maximum absolute atomic E-state index is 13.1. The van der Waals surface area contributed by atoms with Crippen LogP contribution in [0, 0.1) is 6.92 Å². The summed E-state index contributed by atoms with van der Waals surface area (Å²) in [4.78, 5) is 2.50. The van der Waals surface area contributed by atoms with Crippen molar-refractivity contribution in [2.24, 2.45) is 0 Å². The van der Waals surface area contributed by atoms with Gasteiger partial charge in [-0.1, -0.05) is 30.3 Å². The Balaban J connectivity index is 2.11. The molecule has 0 aromatic heterocycles. The Morgan fingerprint density at radius 3 is 2.55 bits per heavy atom. The van der Waals surface area contributed by atoms with Crippen LogP contribution >= 0.6 is 0 Å². The van der Waals surface area contributed by atoms with E-state index in [0.717, 1.165) is 23.4 Å². The Morgan fingerprint density at radius 2 is 1.77 bits per heavy atom. The standard InChI is InChI=1S/C17H20N2O2S/c1-14-6-5-8-16(12-14)22(20,21)19-11-10-18(2)13-15-7-3-4-9-17(15)19/h3-9,12H,10-11,13H2,1-2H3. The number of nitrogens with zero attached hydrogens (tertiary/aromatic N) is 2. The van der Waals surface area contributed by atoms with Gasteiger partial charge in [-0.25, -0.2) is 8.42 Å². The number of hydrogen-bond acceptors (Lipinski definition) is 3. The highest BCUT2D eigenvalue weighted by atomic mass is 32.2. The van der Waals surface area contributed by atoms with Gasteiger partial charge in [0.1, 0.15) is 0 Å². The highest BCUT2D eigenvalue weighted by Crippen LogP contribution is 2.29. The Bertz CT molecular complexity index is 787. The quantitative estimate of drug-likeness (QED) is 0.855. The van der Waals surface area contributed by atoms with E-state index in [9.17, 15) is 8.42 Å². The largest absolute Gasteiger partial charge is 0.300 e. The van der Waals surface area contributed by atoms with Gasteiger partial charge in [0.2, 0.25) is 0 Å². The molecule has 116 valence electrons. The van der Waals surface area contributed by atoms with Crippen molar-refractivity contribution in [1.29, 1.82) is 0 Å². The Hall–Kier alpha value is -1.85. The molecule has 22 heavy (non-hydrogen) atoms. The smallest absolute Gasteiger partial charge is 0.264 e. The maximum atomic E-state index is 13.1. The number of para-hydroxylation sites is 1. The van der Waals surface area contributed by atoms with Gasteiger partial charge < -0.3 is 4.90 Å². The van der Waals surface area contributed by atoms with Crippen LogP contribution in [0.5, 0.6) is 0 Å². The lowest BCUT2D eigenvalue weighted by Gasteiger charge is -2.24. The van der Waals surface area contributed by atoms with Crippen LogP contribution in [0.2, 0.25) is 0 Å². The highest BCUT2D eigenvalue weighted by Gasteiger charge is 2.28. The fourth-order valence-electron chi connectivity index (χ4n) is 2.79. The van der Waals surface area contributed by atoms with Gasteiger partial charge in [-0.05, 0) is 43.3 Å². The predicted molar refractivity (Wildman–Crippen MR) is 88.5 cm³/mol. The van der Waals surface area contributed by atoms with E-state index in [0.29, 0.717) is 18.0 Å². The molecule has 0 aliphatic carbocycles. The zero-order valence-corrected chi connectivity index (χ0v) is 13.7. The summed E-state index contributed by atoms with van der Waals surface area (Å²) in [6.07, 6.45) is 0. The van der Waals surface area contributed by atoms with Crippen molar-refractivity contribution in [2.45, 2.75) is 18.4 Å². The molecule has 0 fully saturated rings. The van der Waals surface area contributed by atoms with Gasteiger partial charge in [0, 0.05) is 19.6 Å². The Kier molecular flexibility index (Phi) is 3.93. The molecule has 0 spiro atoms. The first kappa shape index (κ1) is 15.1. The zero-order chi connectivity index (χ0) is 15.7. The minimum Gasteiger partial charge on any atom is -0.300 e. The number of anilines is 1. The molecule has 1 heterocycles. The van der Waals surface area contributed by atoms with E-state index in [4.69, 9.17) is 0 Å². The summed E-state index contributed by atoms with van der Waals surface area (Å²) in [5.41, 5.74) is 2.77. The van der Waals surface area contributed by atoms with Gasteiger partial charge in [0.25, 0.3) is 10.0 Å². The SMILES string of the molecule is Cc1cccc(S(=O)(=O)N2CCN(C)Cc3ccccc32)c1. The first-order valence-corrected chi connectivity index (χ1v) is 8.78. The van der Waals surface area contributed by atoms with E-state index < -0.39 is 10.0 Å². The van der Waals surface area contributed by atoms with Gasteiger partial charge in [0.15, 0.2) is 0 Å². The summed E-state index contributed by atoms with van der Waals surface area (Å²) < 4.78 is 27.7. The fourth-order valence-corrected chi connectivity index (χ4v) is 4.39. The number of fused-ring (bicyclic) bond motifs is 1. The summed E-state index contributed by atoms with van der Waals surface area (Å²) in [5, 5.41) is 0. The molecule has 3 rings (SSSR count). The van der Waals surface area contributed by atoms with Crippen LogP contribution in [-0.2, 0) is 16.6 Å². The van der Waals surface area contributed by atoms with Crippen LogP contribution in [0.15, 0.2) is 53.4 Å². The second-order valence-electron chi connectivity index (χ2n) is 5.76. The first-order chi connectivity index (χ1) is 10.5. The first-order valence-electron chi connectivity index (χ1n) is 7.34. The third-order valence-corrected chi connectivity index (χ3v) is 5.77. The van der Waals surface area contributed by atoms with Gasteiger partial charge in [-0.3, -0.25) is 4.31 Å². The minimum atomic E-state index is -3.54. The van der Waals surface area contributed by atoms with E-state index >= 15 is 0 Å². The highest BCUT2D eigenvalue weighted by molar-refractivity contribution is 7.92. The maximum Gasteiger partial charge on any atom is 0.264 e. The molecule has 0 amide bonds. The summed E-state index contributed by atoms with van der Waals surface area (Å²) in [6.45, 7) is 3.84. The number of sulfonamides is 1. The lowest BCUT2D eigenvalue weighted by Crippen LogP contribution is -2.35. The van der Waals surface area contributed by atoms with E-state index in [1.54, 1.807) is 22.5 Å². The summed E-state index contributed by atoms with van der Waals surface area (Å²) in [5.74, 6) is 0. The van der Waals surface area contributed by atoms with Gasteiger partial charge in [-0.2, -0.15) is 0 Å². The number of aryl methyl sites for hydroxylation is 1. The van der Waals surface area contributed by atoms with E-state index in [1.165, 1.54) is 0 Å². The Labute approximate surface area is 132 Å². The number of rotatable bonds is 2. The summed E-state index contributed by atoms with van der Waals surface area (Å²) in [6, 6.07) is 14.8. The van der Waals surface area contributed by atoms with Crippen molar-refractivity contribution in [1.82, 2.24) is 4.90 Å². The average molecular weight is 316 g/mol. The summed E-state index contributed by atoms with van der Waals surface area (Å²) >= 11 is 0. The molecule has 1 aliphatic heterocycles. The second-order valence-corrected chi connectivity index (χ2v) is 7.62. The van der Waals surface area contributed by atoms with Crippen LogP contribution in [-0.4, -0.2) is 33.5 Å². The van der Waals surface area contributed by atoms with Crippen molar-refractivity contribution in [3.8, 4) is 0 Å². The molecular weight excluding hydrogens is 296 g/mol. The monoisotopic (exact) mass is 316 g/mol. The van der Waals surface area contributed by atoms with Crippen molar-refractivity contribution in [2.75, 3.05) is 24.4 Å². The van der Waals surface area contributed by atoms with Crippen LogP contribution in [0.3, 0.4) is 0 Å². The van der Waals surface area contributed by atoms with Crippen molar-refractivity contribution in [3.63, 3.8) is 0 Å².